The number of hydrogen-bond donors (Lipinski definition) is 2. The summed E-state index contributed by atoms with van der Waals surface area (Å²) in [4.78, 5) is 22.9. The van der Waals surface area contributed by atoms with Crippen molar-refractivity contribution in [2.24, 2.45) is 21.8 Å². The average molecular weight is 250 g/mol. The van der Waals surface area contributed by atoms with Gasteiger partial charge >= 0.3 is 11.4 Å². The molecule has 3 rings (SSSR count). The molecule has 0 aliphatic heterocycles. The van der Waals surface area contributed by atoms with Crippen LogP contribution in [0.15, 0.2) is 14.7 Å². The number of rotatable bonds is 1. The maximum absolute atomic E-state index is 11.5. The Labute approximate surface area is 104 Å². The summed E-state index contributed by atoms with van der Waals surface area (Å²) >= 11 is 0. The van der Waals surface area contributed by atoms with Gasteiger partial charge in [-0.1, -0.05) is 20.8 Å². The predicted molar refractivity (Wildman–Crippen MR) is 67.7 cm³/mol. The van der Waals surface area contributed by atoms with E-state index in [1.54, 1.807) is 0 Å². The topological polar surface area (TPSA) is 83.0 Å². The van der Waals surface area contributed by atoms with Gasteiger partial charge in [0.1, 0.15) is 0 Å². The highest BCUT2D eigenvalue weighted by molar-refractivity contribution is 5.94. The van der Waals surface area contributed by atoms with Gasteiger partial charge in [-0.15, -0.1) is 4.68 Å². The molecule has 98 valence electrons. The van der Waals surface area contributed by atoms with E-state index in [2.05, 4.69) is 36.1 Å². The van der Waals surface area contributed by atoms with Crippen molar-refractivity contribution in [1.82, 2.24) is 14.9 Å². The minimum Gasteiger partial charge on any atom is -0.246 e. The Hall–Kier alpha value is -1.59. The van der Waals surface area contributed by atoms with Crippen LogP contribution in [-0.4, -0.2) is 20.6 Å². The largest absolute Gasteiger partial charge is 0.365 e. The number of aromatic nitrogens is 3. The third-order valence-corrected chi connectivity index (χ3v) is 5.39. The Morgan fingerprint density at radius 1 is 1.22 bits per heavy atom. The summed E-state index contributed by atoms with van der Waals surface area (Å²) in [6.45, 7) is 6.72. The van der Waals surface area contributed by atoms with Crippen LogP contribution in [0.1, 0.15) is 40.0 Å². The number of nitrogens with one attached hydrogen (secondary N) is 2. The molecule has 0 amide bonds. The molecule has 0 spiro atoms. The SMILES string of the molecule is CC12CCC(CC1=Nn1c(=O)[nH][nH]c1=O)C2(C)C. The summed E-state index contributed by atoms with van der Waals surface area (Å²) in [5.74, 6) is 0.606. The molecular formula is C12H18N4O2. The molecule has 18 heavy (non-hydrogen) atoms. The molecule has 0 saturated heterocycles. The van der Waals surface area contributed by atoms with E-state index in [1.165, 1.54) is 6.42 Å². The van der Waals surface area contributed by atoms with E-state index in [0.29, 0.717) is 5.92 Å². The zero-order chi connectivity index (χ0) is 13.1. The Kier molecular flexibility index (Phi) is 2.07. The predicted octanol–water partition coefficient (Wildman–Crippen LogP) is 0.915. The fourth-order valence-electron chi connectivity index (χ4n) is 3.60. The minimum absolute atomic E-state index is 0.000810. The summed E-state index contributed by atoms with van der Waals surface area (Å²) in [5, 5.41) is 8.82. The molecular weight excluding hydrogens is 232 g/mol. The van der Waals surface area contributed by atoms with Gasteiger partial charge in [0.05, 0.1) is 0 Å². The van der Waals surface area contributed by atoms with E-state index < -0.39 is 11.4 Å². The fourth-order valence-corrected chi connectivity index (χ4v) is 3.60. The van der Waals surface area contributed by atoms with Crippen LogP contribution in [0.25, 0.3) is 0 Å². The van der Waals surface area contributed by atoms with E-state index >= 15 is 0 Å². The van der Waals surface area contributed by atoms with Crippen LogP contribution in [0.5, 0.6) is 0 Å². The minimum atomic E-state index is -0.503. The van der Waals surface area contributed by atoms with Crippen molar-refractivity contribution in [3.05, 3.63) is 21.0 Å². The van der Waals surface area contributed by atoms with Crippen molar-refractivity contribution in [2.75, 3.05) is 0 Å². The van der Waals surface area contributed by atoms with Crippen LogP contribution in [0, 0.1) is 16.7 Å². The first kappa shape index (κ1) is 11.5. The Morgan fingerprint density at radius 2 is 1.83 bits per heavy atom. The molecule has 0 radical (unpaired) electrons. The summed E-state index contributed by atoms with van der Waals surface area (Å²) in [6.07, 6.45) is 3.18. The zero-order valence-electron chi connectivity index (χ0n) is 10.9. The maximum Gasteiger partial charge on any atom is 0.365 e. The van der Waals surface area contributed by atoms with Gasteiger partial charge in [-0.2, -0.15) is 5.10 Å². The number of nitrogens with zero attached hydrogens (tertiary/aromatic N) is 2. The molecule has 2 bridgehead atoms. The standard InChI is InChI=1S/C12H18N4O2/c1-11(2)7-4-5-12(11,3)8(6-7)15-16-9(17)13-14-10(16)18/h7H,4-6H2,1-3H3,(H,13,17)(H,14,18). The molecule has 2 saturated carbocycles. The highest BCUT2D eigenvalue weighted by atomic mass is 16.2. The van der Waals surface area contributed by atoms with Crippen LogP contribution in [-0.2, 0) is 0 Å². The second-order valence-electron chi connectivity index (χ2n) is 6.21. The Balaban J connectivity index is 2.11. The lowest BCUT2D eigenvalue weighted by Gasteiger charge is -2.34. The van der Waals surface area contributed by atoms with Gasteiger partial charge in [0, 0.05) is 11.1 Å². The molecule has 1 heterocycles. The molecule has 6 heteroatoms. The van der Waals surface area contributed by atoms with E-state index in [1.807, 2.05) is 0 Å². The molecule has 2 aliphatic rings. The van der Waals surface area contributed by atoms with Crippen molar-refractivity contribution >= 4 is 5.71 Å². The van der Waals surface area contributed by atoms with Crippen LogP contribution < -0.4 is 11.4 Å². The monoisotopic (exact) mass is 250 g/mol. The lowest BCUT2D eigenvalue weighted by atomic mass is 9.70. The second-order valence-corrected chi connectivity index (χ2v) is 6.21. The first-order valence-corrected chi connectivity index (χ1v) is 6.34. The van der Waals surface area contributed by atoms with Gasteiger partial charge in [0.2, 0.25) is 0 Å². The zero-order valence-corrected chi connectivity index (χ0v) is 10.9. The van der Waals surface area contributed by atoms with Gasteiger partial charge in [0.25, 0.3) is 0 Å². The second kappa shape index (κ2) is 3.24. The van der Waals surface area contributed by atoms with Crippen LogP contribution in [0.3, 0.4) is 0 Å². The smallest absolute Gasteiger partial charge is 0.246 e. The average Bonchev–Trinajstić information content (AvgIpc) is 2.79. The number of H-pyrrole nitrogens is 2. The summed E-state index contributed by atoms with van der Waals surface area (Å²) in [5.41, 5.74) is 0.170. The molecule has 1 aromatic heterocycles. The molecule has 1 aromatic rings. The van der Waals surface area contributed by atoms with Gasteiger partial charge < -0.3 is 0 Å². The summed E-state index contributed by atoms with van der Waals surface area (Å²) in [7, 11) is 0. The van der Waals surface area contributed by atoms with Crippen molar-refractivity contribution < 1.29 is 0 Å². The number of aromatic amines is 2. The molecule has 0 aromatic carbocycles. The van der Waals surface area contributed by atoms with Gasteiger partial charge in [-0.05, 0) is 30.6 Å². The number of fused-ring (bicyclic) bond motifs is 2. The number of hydrogen-bond acceptors (Lipinski definition) is 3. The Bertz CT molecular complexity index is 605. The Morgan fingerprint density at radius 3 is 2.28 bits per heavy atom. The molecule has 6 nitrogen and oxygen atoms in total. The quantitative estimate of drug-likeness (QED) is 0.776. The third-order valence-electron chi connectivity index (χ3n) is 5.39. The van der Waals surface area contributed by atoms with Crippen molar-refractivity contribution in [3.63, 3.8) is 0 Å². The normalized spacial score (nSPS) is 35.5. The molecule has 2 atom stereocenters. The molecule has 2 unspecified atom stereocenters. The fraction of sp³-hybridized carbons (Fsp3) is 0.750. The third kappa shape index (κ3) is 1.20. The van der Waals surface area contributed by atoms with Crippen molar-refractivity contribution in [3.8, 4) is 0 Å². The highest BCUT2D eigenvalue weighted by Gasteiger charge is 2.60. The first-order chi connectivity index (χ1) is 8.36. The van der Waals surface area contributed by atoms with Gasteiger partial charge in [0.15, 0.2) is 0 Å². The van der Waals surface area contributed by atoms with Crippen LogP contribution >= 0.6 is 0 Å². The lowest BCUT2D eigenvalue weighted by Crippen LogP contribution is -2.34. The van der Waals surface area contributed by atoms with Crippen LogP contribution in [0.4, 0.5) is 0 Å². The maximum atomic E-state index is 11.5. The molecule has 2 N–H and O–H groups in total. The lowest BCUT2D eigenvalue weighted by molar-refractivity contribution is 0.193. The molecule has 2 fully saturated rings. The van der Waals surface area contributed by atoms with Gasteiger partial charge in [-0.25, -0.2) is 19.8 Å². The summed E-state index contributed by atoms with van der Waals surface area (Å²) in [6, 6.07) is 0. The van der Waals surface area contributed by atoms with Gasteiger partial charge in [-0.3, -0.25) is 0 Å². The van der Waals surface area contributed by atoms with E-state index in [9.17, 15) is 9.59 Å². The van der Waals surface area contributed by atoms with E-state index in [0.717, 1.165) is 23.2 Å². The van der Waals surface area contributed by atoms with Crippen molar-refractivity contribution in [2.45, 2.75) is 40.0 Å². The molecule has 2 aliphatic carbocycles. The van der Waals surface area contributed by atoms with Crippen molar-refractivity contribution in [1.29, 1.82) is 0 Å². The first-order valence-electron chi connectivity index (χ1n) is 6.34. The van der Waals surface area contributed by atoms with E-state index in [-0.39, 0.29) is 10.8 Å². The van der Waals surface area contributed by atoms with E-state index in [4.69, 9.17) is 0 Å². The highest BCUT2D eigenvalue weighted by Crippen LogP contribution is 2.63. The summed E-state index contributed by atoms with van der Waals surface area (Å²) < 4.78 is 0.900. The van der Waals surface area contributed by atoms with Crippen LogP contribution in [0.2, 0.25) is 0 Å².